The van der Waals surface area contributed by atoms with E-state index in [2.05, 4.69) is 0 Å². The molecular formula is C18H22F3NO4. The van der Waals surface area contributed by atoms with Gasteiger partial charge in [-0.25, -0.2) is 9.59 Å². The smallest absolute Gasteiger partial charge is 0.416 e. The minimum absolute atomic E-state index is 0.127. The van der Waals surface area contributed by atoms with Crippen LogP contribution in [0.3, 0.4) is 0 Å². The van der Waals surface area contributed by atoms with Gasteiger partial charge in [0.25, 0.3) is 0 Å². The molecule has 1 amide bonds. The van der Waals surface area contributed by atoms with Crippen molar-refractivity contribution in [2.45, 2.75) is 51.4 Å². The molecule has 144 valence electrons. The molecule has 2 unspecified atom stereocenters. The summed E-state index contributed by atoms with van der Waals surface area (Å²) in [7, 11) is 0. The van der Waals surface area contributed by atoms with Crippen LogP contribution in [0, 0.1) is 5.92 Å². The molecule has 0 spiro atoms. The van der Waals surface area contributed by atoms with Crippen molar-refractivity contribution in [3.63, 3.8) is 0 Å². The first-order valence-electron chi connectivity index (χ1n) is 8.25. The number of carboxylic acid groups (broad SMARTS) is 1. The van der Waals surface area contributed by atoms with E-state index in [0.717, 1.165) is 17.0 Å². The Balaban J connectivity index is 2.12. The Morgan fingerprint density at radius 3 is 2.46 bits per heavy atom. The SMILES string of the molecule is CC(C)(C)OC(=O)N1CC(Cc2cccc(C(F)(F)F)c2)CC1C(=O)O. The zero-order chi connectivity index (χ0) is 19.7. The molecule has 0 radical (unpaired) electrons. The molecule has 1 N–H and O–H groups in total. The van der Waals surface area contributed by atoms with Crippen molar-refractivity contribution < 1.29 is 32.6 Å². The number of carbonyl (C=O) groups is 2. The molecule has 1 fully saturated rings. The number of hydrogen-bond donors (Lipinski definition) is 1. The number of carbonyl (C=O) groups excluding carboxylic acids is 1. The molecule has 8 heteroatoms. The summed E-state index contributed by atoms with van der Waals surface area (Å²) in [5, 5.41) is 9.37. The summed E-state index contributed by atoms with van der Waals surface area (Å²) in [4.78, 5) is 24.9. The van der Waals surface area contributed by atoms with Crippen molar-refractivity contribution in [1.82, 2.24) is 4.90 Å². The summed E-state index contributed by atoms with van der Waals surface area (Å²) < 4.78 is 43.7. The first-order valence-corrected chi connectivity index (χ1v) is 8.25. The molecule has 1 aromatic carbocycles. The van der Waals surface area contributed by atoms with E-state index >= 15 is 0 Å². The number of nitrogens with zero attached hydrogens (tertiary/aromatic N) is 1. The van der Waals surface area contributed by atoms with E-state index < -0.39 is 35.4 Å². The van der Waals surface area contributed by atoms with Crippen molar-refractivity contribution >= 4 is 12.1 Å². The first kappa shape index (κ1) is 20.1. The lowest BCUT2D eigenvalue weighted by Gasteiger charge is -2.26. The summed E-state index contributed by atoms with van der Waals surface area (Å²) in [6, 6.07) is 3.91. The van der Waals surface area contributed by atoms with Crippen LogP contribution in [-0.2, 0) is 22.1 Å². The molecule has 1 aliphatic rings. The lowest BCUT2D eigenvalue weighted by Crippen LogP contribution is -2.43. The zero-order valence-electron chi connectivity index (χ0n) is 14.8. The van der Waals surface area contributed by atoms with Crippen molar-refractivity contribution in [2.24, 2.45) is 5.92 Å². The second kappa shape index (κ2) is 7.17. The van der Waals surface area contributed by atoms with Crippen LogP contribution in [0.2, 0.25) is 0 Å². The largest absolute Gasteiger partial charge is 0.480 e. The van der Waals surface area contributed by atoms with Crippen LogP contribution in [0.4, 0.5) is 18.0 Å². The maximum atomic E-state index is 12.8. The average molecular weight is 373 g/mol. The molecule has 1 aliphatic heterocycles. The molecule has 2 atom stereocenters. The number of benzene rings is 1. The molecule has 1 saturated heterocycles. The maximum Gasteiger partial charge on any atom is 0.416 e. The highest BCUT2D eigenvalue weighted by Gasteiger charge is 2.41. The molecular weight excluding hydrogens is 351 g/mol. The number of carboxylic acids is 1. The number of rotatable bonds is 3. The predicted molar refractivity (Wildman–Crippen MR) is 87.6 cm³/mol. The van der Waals surface area contributed by atoms with Crippen LogP contribution in [0.15, 0.2) is 24.3 Å². The van der Waals surface area contributed by atoms with Crippen LogP contribution >= 0.6 is 0 Å². The highest BCUT2D eigenvalue weighted by atomic mass is 19.4. The Morgan fingerprint density at radius 1 is 1.27 bits per heavy atom. The number of alkyl halides is 3. The van der Waals surface area contributed by atoms with Gasteiger partial charge in [-0.3, -0.25) is 4.90 Å². The average Bonchev–Trinajstić information content (AvgIpc) is 2.89. The molecule has 0 saturated carbocycles. The molecule has 1 aromatic rings. The van der Waals surface area contributed by atoms with Gasteiger partial charge in [0.05, 0.1) is 5.56 Å². The highest BCUT2D eigenvalue weighted by molar-refractivity contribution is 5.81. The van der Waals surface area contributed by atoms with E-state index in [1.54, 1.807) is 26.8 Å². The minimum Gasteiger partial charge on any atom is -0.480 e. The molecule has 0 bridgehead atoms. The van der Waals surface area contributed by atoms with Gasteiger partial charge in [0.1, 0.15) is 11.6 Å². The van der Waals surface area contributed by atoms with E-state index in [1.807, 2.05) is 0 Å². The third-order valence-corrected chi connectivity index (χ3v) is 4.08. The summed E-state index contributed by atoms with van der Waals surface area (Å²) in [5.41, 5.74) is -1.05. The number of amides is 1. The molecule has 26 heavy (non-hydrogen) atoms. The van der Waals surface area contributed by atoms with E-state index in [0.29, 0.717) is 5.56 Å². The normalized spacial score (nSPS) is 20.9. The number of halogens is 3. The zero-order valence-corrected chi connectivity index (χ0v) is 14.8. The summed E-state index contributed by atoms with van der Waals surface area (Å²) >= 11 is 0. The summed E-state index contributed by atoms with van der Waals surface area (Å²) in [6.45, 7) is 5.16. The lowest BCUT2D eigenvalue weighted by molar-refractivity contribution is -0.142. The number of ether oxygens (including phenoxy) is 1. The number of aliphatic carboxylic acids is 1. The molecule has 2 rings (SSSR count). The van der Waals surface area contributed by atoms with E-state index in [9.17, 15) is 27.9 Å². The molecule has 1 heterocycles. The van der Waals surface area contributed by atoms with Crippen molar-refractivity contribution in [1.29, 1.82) is 0 Å². The fourth-order valence-electron chi connectivity index (χ4n) is 3.04. The van der Waals surface area contributed by atoms with Gasteiger partial charge >= 0.3 is 18.2 Å². The minimum atomic E-state index is -4.43. The van der Waals surface area contributed by atoms with Crippen molar-refractivity contribution in [3.8, 4) is 0 Å². The molecule has 5 nitrogen and oxygen atoms in total. The Hall–Kier alpha value is -2.25. The quantitative estimate of drug-likeness (QED) is 0.871. The number of likely N-dealkylation sites (tertiary alicyclic amines) is 1. The Bertz CT molecular complexity index is 682. The van der Waals surface area contributed by atoms with Gasteiger partial charge < -0.3 is 9.84 Å². The summed E-state index contributed by atoms with van der Waals surface area (Å²) in [6.07, 6.45) is -4.73. The van der Waals surface area contributed by atoms with Crippen LogP contribution in [0.5, 0.6) is 0 Å². The first-order chi connectivity index (χ1) is 11.9. The van der Waals surface area contributed by atoms with Crippen LogP contribution in [0.25, 0.3) is 0 Å². The van der Waals surface area contributed by atoms with Gasteiger partial charge in [-0.2, -0.15) is 13.2 Å². The van der Waals surface area contributed by atoms with E-state index in [-0.39, 0.29) is 25.3 Å². The van der Waals surface area contributed by atoms with Gasteiger partial charge in [-0.05, 0) is 51.2 Å². The van der Waals surface area contributed by atoms with Gasteiger partial charge in [0.2, 0.25) is 0 Å². The fraction of sp³-hybridized carbons (Fsp3) is 0.556. The third-order valence-electron chi connectivity index (χ3n) is 4.08. The molecule has 0 aliphatic carbocycles. The van der Waals surface area contributed by atoms with Crippen LogP contribution < -0.4 is 0 Å². The van der Waals surface area contributed by atoms with Gasteiger partial charge in [0.15, 0.2) is 0 Å². The predicted octanol–water partition coefficient (Wildman–Crippen LogP) is 3.96. The third kappa shape index (κ3) is 5.12. The second-order valence-corrected chi connectivity index (χ2v) is 7.49. The lowest BCUT2D eigenvalue weighted by atomic mass is 9.95. The van der Waals surface area contributed by atoms with Crippen molar-refractivity contribution in [3.05, 3.63) is 35.4 Å². The highest BCUT2D eigenvalue weighted by Crippen LogP contribution is 2.32. The topological polar surface area (TPSA) is 66.8 Å². The standard InChI is InChI=1S/C18H22F3NO4/c1-17(2,3)26-16(25)22-10-12(9-14(22)15(23)24)7-11-5-4-6-13(8-11)18(19,20)21/h4-6,8,12,14H,7,9-10H2,1-3H3,(H,23,24). The van der Waals surface area contributed by atoms with E-state index in [4.69, 9.17) is 4.74 Å². The fourth-order valence-corrected chi connectivity index (χ4v) is 3.04. The van der Waals surface area contributed by atoms with Gasteiger partial charge in [-0.15, -0.1) is 0 Å². The maximum absolute atomic E-state index is 12.8. The Labute approximate surface area is 149 Å². The van der Waals surface area contributed by atoms with E-state index in [1.165, 1.54) is 6.07 Å². The van der Waals surface area contributed by atoms with Gasteiger partial charge in [-0.1, -0.05) is 18.2 Å². The van der Waals surface area contributed by atoms with Gasteiger partial charge in [0, 0.05) is 6.54 Å². The second-order valence-electron chi connectivity index (χ2n) is 7.49. The monoisotopic (exact) mass is 373 g/mol. The van der Waals surface area contributed by atoms with Crippen LogP contribution in [0.1, 0.15) is 38.3 Å². The summed E-state index contributed by atoms with van der Waals surface area (Å²) in [5.74, 6) is -1.41. The van der Waals surface area contributed by atoms with Crippen molar-refractivity contribution in [2.75, 3.05) is 6.54 Å². The number of hydrogen-bond acceptors (Lipinski definition) is 3. The van der Waals surface area contributed by atoms with Crippen LogP contribution in [-0.4, -0.2) is 40.3 Å². The Kier molecular flexibility index (Phi) is 5.53. The Morgan fingerprint density at radius 2 is 1.92 bits per heavy atom. The molecule has 0 aromatic heterocycles.